The topological polar surface area (TPSA) is 81.2 Å². The Kier molecular flexibility index (Phi) is 8.75. The van der Waals surface area contributed by atoms with Gasteiger partial charge in [0.2, 0.25) is 0 Å². The van der Waals surface area contributed by atoms with Gasteiger partial charge >= 0.3 is 0 Å². The lowest BCUT2D eigenvalue weighted by Crippen LogP contribution is -2.25. The number of ketones is 1. The van der Waals surface area contributed by atoms with Crippen LogP contribution in [0, 0.1) is 5.41 Å². The molecular weight excluding hydrogens is 486 g/mol. The molecule has 2 aromatic carbocycles. The number of Topliss-reactive ketones (excluding diaryl/α,β-unsaturated/α-hetero) is 1. The molecule has 202 valence electrons. The number of nitrogens with zero attached hydrogens (tertiary/aromatic N) is 2. The molecule has 0 aliphatic heterocycles. The smallest absolute Gasteiger partial charge is 0.269 e. The summed E-state index contributed by atoms with van der Waals surface area (Å²) < 4.78 is 5.74. The van der Waals surface area contributed by atoms with Gasteiger partial charge in [-0.25, -0.2) is 0 Å². The zero-order valence-electron chi connectivity index (χ0n) is 23.5. The largest absolute Gasteiger partial charge is 0.496 e. The Labute approximate surface area is 230 Å². The molecule has 6 heteroatoms. The highest BCUT2D eigenvalue weighted by Crippen LogP contribution is 2.36. The molecule has 4 aromatic rings. The number of carbonyl (C=O) groups is 2. The summed E-state index contributed by atoms with van der Waals surface area (Å²) in [5.74, 6) is 0.550. The number of nitrogens with one attached hydrogen (secondary N) is 1. The van der Waals surface area contributed by atoms with Crippen LogP contribution in [-0.2, 0) is 6.42 Å². The number of fused-ring (bicyclic) bond motifs is 1. The van der Waals surface area contributed by atoms with Gasteiger partial charge in [0.15, 0.2) is 5.78 Å². The van der Waals surface area contributed by atoms with Crippen LogP contribution < -0.4 is 10.1 Å². The van der Waals surface area contributed by atoms with Crippen molar-refractivity contribution in [2.24, 2.45) is 5.41 Å². The fourth-order valence-electron chi connectivity index (χ4n) is 4.63. The molecule has 0 saturated carbocycles. The molecule has 2 heterocycles. The number of rotatable bonds is 10. The number of aromatic nitrogens is 2. The average Bonchev–Trinajstić information content (AvgIpc) is 2.92. The minimum atomic E-state index is -0.183. The third-order valence-corrected chi connectivity index (χ3v) is 6.64. The van der Waals surface area contributed by atoms with E-state index in [1.165, 1.54) is 0 Å². The summed E-state index contributed by atoms with van der Waals surface area (Å²) in [5, 5.41) is 3.80. The average molecular weight is 524 g/mol. The lowest BCUT2D eigenvalue weighted by atomic mass is 9.85. The fourth-order valence-corrected chi connectivity index (χ4v) is 4.63. The highest BCUT2D eigenvalue weighted by molar-refractivity contribution is 6.03. The second kappa shape index (κ2) is 12.2. The first kappa shape index (κ1) is 28.0. The fraction of sp³-hybridized carbons (Fsp3) is 0.333. The van der Waals surface area contributed by atoms with E-state index < -0.39 is 0 Å². The van der Waals surface area contributed by atoms with Crippen LogP contribution in [-0.4, -0.2) is 35.3 Å². The number of amides is 1. The van der Waals surface area contributed by atoms with Crippen molar-refractivity contribution in [2.75, 3.05) is 13.7 Å². The number of unbranched alkanes of at least 4 members (excludes halogenated alkanes) is 1. The SMILES string of the molecule is CCCCNC(=O)c1ccc(-c2cc3c(Cc4ccccc4)c(C(=O)CC(C)(C)C)cnc3cc2OC)cn1. The van der Waals surface area contributed by atoms with Crippen molar-refractivity contribution in [3.05, 3.63) is 89.4 Å². The number of hydrogen-bond donors (Lipinski definition) is 1. The number of pyridine rings is 2. The monoisotopic (exact) mass is 523 g/mol. The first-order chi connectivity index (χ1) is 18.7. The van der Waals surface area contributed by atoms with Gasteiger partial charge in [-0.15, -0.1) is 0 Å². The zero-order chi connectivity index (χ0) is 28.0. The van der Waals surface area contributed by atoms with E-state index in [1.54, 1.807) is 25.6 Å². The minimum Gasteiger partial charge on any atom is -0.496 e. The maximum atomic E-state index is 13.5. The van der Waals surface area contributed by atoms with Gasteiger partial charge in [0.05, 0.1) is 12.6 Å². The van der Waals surface area contributed by atoms with E-state index in [4.69, 9.17) is 4.74 Å². The zero-order valence-corrected chi connectivity index (χ0v) is 23.5. The molecule has 0 atom stereocenters. The van der Waals surface area contributed by atoms with E-state index >= 15 is 0 Å². The van der Waals surface area contributed by atoms with Crippen LogP contribution in [0.25, 0.3) is 22.0 Å². The molecule has 0 spiro atoms. The van der Waals surface area contributed by atoms with E-state index in [0.29, 0.717) is 36.4 Å². The molecule has 2 aromatic heterocycles. The Hall–Kier alpha value is -4.06. The van der Waals surface area contributed by atoms with Crippen LogP contribution in [0.2, 0.25) is 0 Å². The van der Waals surface area contributed by atoms with Crippen molar-refractivity contribution >= 4 is 22.6 Å². The molecule has 1 N–H and O–H groups in total. The van der Waals surface area contributed by atoms with Crippen LogP contribution in [0.1, 0.15) is 78.9 Å². The molecule has 0 unspecified atom stereocenters. The second-order valence-electron chi connectivity index (χ2n) is 11.1. The van der Waals surface area contributed by atoms with Gasteiger partial charge < -0.3 is 10.1 Å². The number of hydrogen-bond acceptors (Lipinski definition) is 5. The maximum absolute atomic E-state index is 13.5. The van der Waals surface area contributed by atoms with Gasteiger partial charge in [-0.3, -0.25) is 19.6 Å². The Morgan fingerprint density at radius 2 is 1.74 bits per heavy atom. The molecule has 39 heavy (non-hydrogen) atoms. The summed E-state index contributed by atoms with van der Waals surface area (Å²) >= 11 is 0. The summed E-state index contributed by atoms with van der Waals surface area (Å²) in [7, 11) is 1.62. The molecule has 0 fully saturated rings. The first-order valence-electron chi connectivity index (χ1n) is 13.5. The van der Waals surface area contributed by atoms with E-state index in [1.807, 2.05) is 36.4 Å². The van der Waals surface area contributed by atoms with Crippen molar-refractivity contribution in [3.8, 4) is 16.9 Å². The lowest BCUT2D eigenvalue weighted by Gasteiger charge is -2.20. The highest BCUT2D eigenvalue weighted by atomic mass is 16.5. The van der Waals surface area contributed by atoms with E-state index in [9.17, 15) is 9.59 Å². The number of carbonyl (C=O) groups excluding carboxylic acids is 2. The Morgan fingerprint density at radius 1 is 0.974 bits per heavy atom. The molecule has 0 saturated heterocycles. The van der Waals surface area contributed by atoms with Gasteiger partial charge in [-0.1, -0.05) is 70.5 Å². The Morgan fingerprint density at radius 3 is 2.38 bits per heavy atom. The van der Waals surface area contributed by atoms with Gasteiger partial charge in [0, 0.05) is 53.5 Å². The van der Waals surface area contributed by atoms with Gasteiger partial charge in [0.1, 0.15) is 11.4 Å². The standard InChI is InChI=1S/C33H37N3O3/c1-6-7-15-34-32(38)28-14-13-23(20-35-28)24-17-26-25(16-22-11-9-8-10-12-22)27(30(37)19-33(2,3)4)21-36-29(26)18-31(24)39-5/h8-14,17-18,20-21H,6-7,15-16,19H2,1-5H3,(H,34,38). The Balaban J connectivity index is 1.81. The normalized spacial score (nSPS) is 11.4. The molecule has 0 aliphatic rings. The van der Waals surface area contributed by atoms with Crippen LogP contribution in [0.3, 0.4) is 0 Å². The van der Waals surface area contributed by atoms with E-state index in [2.05, 4.69) is 55.1 Å². The Bertz CT molecular complexity index is 1460. The highest BCUT2D eigenvalue weighted by Gasteiger charge is 2.23. The number of ether oxygens (including phenoxy) is 1. The van der Waals surface area contributed by atoms with Crippen molar-refractivity contribution in [1.82, 2.24) is 15.3 Å². The van der Waals surface area contributed by atoms with Gasteiger partial charge in [-0.2, -0.15) is 0 Å². The lowest BCUT2D eigenvalue weighted by molar-refractivity contribution is 0.0933. The van der Waals surface area contributed by atoms with E-state index in [0.717, 1.165) is 46.0 Å². The summed E-state index contributed by atoms with van der Waals surface area (Å²) in [4.78, 5) is 35.0. The third kappa shape index (κ3) is 6.88. The molecule has 6 nitrogen and oxygen atoms in total. The van der Waals surface area contributed by atoms with Crippen molar-refractivity contribution in [3.63, 3.8) is 0 Å². The number of methoxy groups -OCH3 is 1. The summed E-state index contributed by atoms with van der Waals surface area (Å²) in [6.45, 7) is 8.92. The predicted molar refractivity (Wildman–Crippen MR) is 156 cm³/mol. The molecule has 4 rings (SSSR count). The second-order valence-corrected chi connectivity index (χ2v) is 11.1. The minimum absolute atomic E-state index is 0.0836. The quantitative estimate of drug-likeness (QED) is 0.178. The van der Waals surface area contributed by atoms with Crippen LogP contribution in [0.15, 0.2) is 67.0 Å². The van der Waals surface area contributed by atoms with Crippen LogP contribution in [0.4, 0.5) is 0 Å². The summed E-state index contributed by atoms with van der Waals surface area (Å²) in [5.41, 5.74) is 5.34. The van der Waals surface area contributed by atoms with Crippen molar-refractivity contribution in [1.29, 1.82) is 0 Å². The van der Waals surface area contributed by atoms with Gasteiger partial charge in [0.25, 0.3) is 5.91 Å². The van der Waals surface area contributed by atoms with Gasteiger partial charge in [-0.05, 0) is 41.5 Å². The maximum Gasteiger partial charge on any atom is 0.269 e. The van der Waals surface area contributed by atoms with E-state index in [-0.39, 0.29) is 17.1 Å². The summed E-state index contributed by atoms with van der Waals surface area (Å²) in [6.07, 6.45) is 6.37. The number of benzene rings is 2. The molecular formula is C33H37N3O3. The molecule has 0 radical (unpaired) electrons. The van der Waals surface area contributed by atoms with Crippen molar-refractivity contribution < 1.29 is 14.3 Å². The molecule has 0 bridgehead atoms. The predicted octanol–water partition coefficient (Wildman–Crippen LogP) is 7.05. The van der Waals surface area contributed by atoms with Crippen molar-refractivity contribution in [2.45, 2.75) is 53.4 Å². The van der Waals surface area contributed by atoms with Crippen LogP contribution >= 0.6 is 0 Å². The summed E-state index contributed by atoms with van der Waals surface area (Å²) in [6, 6.07) is 17.7. The first-order valence-corrected chi connectivity index (χ1v) is 13.5. The third-order valence-electron chi connectivity index (χ3n) is 6.64. The van der Waals surface area contributed by atoms with Crippen LogP contribution in [0.5, 0.6) is 5.75 Å². The molecule has 0 aliphatic carbocycles. The molecule has 1 amide bonds.